The van der Waals surface area contributed by atoms with Crippen LogP contribution in [-0.4, -0.2) is 35.6 Å². The third kappa shape index (κ3) is 2.77. The van der Waals surface area contributed by atoms with E-state index in [-0.39, 0.29) is 5.91 Å². The van der Waals surface area contributed by atoms with E-state index in [0.29, 0.717) is 25.3 Å². The van der Waals surface area contributed by atoms with E-state index >= 15 is 0 Å². The Kier molecular flexibility index (Phi) is 4.60. The monoisotopic (exact) mass is 326 g/mol. The van der Waals surface area contributed by atoms with Crippen molar-refractivity contribution in [2.45, 2.75) is 20.4 Å². The highest BCUT2D eigenvalue weighted by atomic mass is 16.5. The maximum Gasteiger partial charge on any atom is 0.270 e. The molecule has 0 fully saturated rings. The molecule has 1 amide bonds. The summed E-state index contributed by atoms with van der Waals surface area (Å²) in [6.07, 6.45) is 1.65. The molecule has 24 heavy (non-hydrogen) atoms. The van der Waals surface area contributed by atoms with Crippen LogP contribution in [0.5, 0.6) is 5.75 Å². The second-order valence-corrected chi connectivity index (χ2v) is 5.58. The van der Waals surface area contributed by atoms with Crippen molar-refractivity contribution in [1.82, 2.24) is 9.47 Å². The number of rotatable bonds is 6. The Morgan fingerprint density at radius 3 is 2.67 bits per heavy atom. The molecule has 5 heteroatoms. The van der Waals surface area contributed by atoms with Gasteiger partial charge >= 0.3 is 0 Å². The van der Waals surface area contributed by atoms with Gasteiger partial charge in [0.15, 0.2) is 5.58 Å². The number of methoxy groups -OCH3 is 1. The number of carbonyl (C=O) groups is 1. The van der Waals surface area contributed by atoms with Gasteiger partial charge in [-0.1, -0.05) is 18.2 Å². The van der Waals surface area contributed by atoms with Crippen LogP contribution in [0.25, 0.3) is 11.1 Å². The van der Waals surface area contributed by atoms with Crippen molar-refractivity contribution in [2.24, 2.45) is 0 Å². The number of hydrogen-bond acceptors (Lipinski definition) is 3. The fourth-order valence-corrected chi connectivity index (χ4v) is 3.00. The maximum absolute atomic E-state index is 12.9. The standard InChI is InChI=1S/C19H22N2O3/c1-4-20(5-2)19(22)16-12-18-15(10-11-24-18)21(16)13-14-8-6-7-9-17(14)23-3/h6-12H,4-5,13H2,1-3H3. The van der Waals surface area contributed by atoms with Crippen molar-refractivity contribution in [3.63, 3.8) is 0 Å². The van der Waals surface area contributed by atoms with Gasteiger partial charge in [-0.3, -0.25) is 4.79 Å². The Hall–Kier alpha value is -2.69. The smallest absolute Gasteiger partial charge is 0.270 e. The topological polar surface area (TPSA) is 47.6 Å². The van der Waals surface area contributed by atoms with E-state index in [2.05, 4.69) is 0 Å². The van der Waals surface area contributed by atoms with Gasteiger partial charge in [-0.05, 0) is 19.9 Å². The van der Waals surface area contributed by atoms with Gasteiger partial charge in [0.2, 0.25) is 0 Å². The number of carbonyl (C=O) groups excluding carboxylic acids is 1. The molecule has 5 nitrogen and oxygen atoms in total. The SMILES string of the molecule is CCN(CC)C(=O)c1cc2occc2n1Cc1ccccc1OC. The third-order valence-corrected chi connectivity index (χ3v) is 4.31. The summed E-state index contributed by atoms with van der Waals surface area (Å²) in [4.78, 5) is 14.7. The molecule has 2 aromatic heterocycles. The minimum atomic E-state index is 0.0151. The van der Waals surface area contributed by atoms with Crippen molar-refractivity contribution >= 4 is 17.0 Å². The molecule has 0 aliphatic carbocycles. The molecule has 0 radical (unpaired) electrons. The normalized spacial score (nSPS) is 11.0. The molecule has 3 aromatic rings. The fraction of sp³-hybridized carbons (Fsp3) is 0.316. The summed E-state index contributed by atoms with van der Waals surface area (Å²) in [7, 11) is 1.66. The number of fused-ring (bicyclic) bond motifs is 1. The van der Waals surface area contributed by atoms with Crippen LogP contribution in [-0.2, 0) is 6.54 Å². The molecule has 0 aliphatic heterocycles. The average Bonchev–Trinajstić information content (AvgIpc) is 3.19. The number of nitrogens with zero attached hydrogens (tertiary/aromatic N) is 2. The van der Waals surface area contributed by atoms with E-state index in [1.54, 1.807) is 13.4 Å². The van der Waals surface area contributed by atoms with Gasteiger partial charge in [0.25, 0.3) is 5.91 Å². The molecule has 0 bridgehead atoms. The van der Waals surface area contributed by atoms with Gasteiger partial charge in [-0.2, -0.15) is 0 Å². The zero-order valence-electron chi connectivity index (χ0n) is 14.3. The molecule has 0 saturated carbocycles. The van der Waals surface area contributed by atoms with Crippen molar-refractivity contribution < 1.29 is 13.9 Å². The van der Waals surface area contributed by atoms with Crippen molar-refractivity contribution in [3.8, 4) is 5.75 Å². The van der Waals surface area contributed by atoms with Crippen LogP contribution >= 0.6 is 0 Å². The Morgan fingerprint density at radius 1 is 1.21 bits per heavy atom. The summed E-state index contributed by atoms with van der Waals surface area (Å²) in [5.41, 5.74) is 3.29. The van der Waals surface area contributed by atoms with Crippen LogP contribution in [0.1, 0.15) is 29.9 Å². The molecule has 0 unspecified atom stereocenters. The van der Waals surface area contributed by atoms with Crippen LogP contribution < -0.4 is 4.74 Å². The number of para-hydroxylation sites is 1. The molecule has 2 heterocycles. The van der Waals surface area contributed by atoms with Crippen LogP contribution in [0.4, 0.5) is 0 Å². The van der Waals surface area contributed by atoms with E-state index in [1.807, 2.05) is 59.7 Å². The molecule has 0 atom stereocenters. The molecule has 0 spiro atoms. The van der Waals surface area contributed by atoms with Crippen molar-refractivity contribution in [3.05, 3.63) is 53.9 Å². The molecule has 1 aromatic carbocycles. The van der Waals surface area contributed by atoms with Gasteiger partial charge in [0.1, 0.15) is 11.4 Å². The maximum atomic E-state index is 12.9. The summed E-state index contributed by atoms with van der Waals surface area (Å²) in [6.45, 7) is 5.88. The molecular weight excluding hydrogens is 304 g/mol. The molecule has 0 aliphatic rings. The summed E-state index contributed by atoms with van der Waals surface area (Å²) in [6, 6.07) is 11.6. The number of aromatic nitrogens is 1. The van der Waals surface area contributed by atoms with Crippen LogP contribution in [0.2, 0.25) is 0 Å². The lowest BCUT2D eigenvalue weighted by molar-refractivity contribution is 0.0763. The van der Waals surface area contributed by atoms with Crippen LogP contribution in [0.15, 0.2) is 47.1 Å². The minimum absolute atomic E-state index is 0.0151. The number of ether oxygens (including phenoxy) is 1. The molecule has 126 valence electrons. The van der Waals surface area contributed by atoms with Crippen molar-refractivity contribution in [1.29, 1.82) is 0 Å². The van der Waals surface area contributed by atoms with Crippen molar-refractivity contribution in [2.75, 3.05) is 20.2 Å². The van der Waals surface area contributed by atoms with E-state index in [9.17, 15) is 4.79 Å². The number of amides is 1. The Morgan fingerprint density at radius 2 is 1.96 bits per heavy atom. The van der Waals surface area contributed by atoms with Gasteiger partial charge in [0.05, 0.1) is 25.4 Å². The molecular formula is C19H22N2O3. The van der Waals surface area contributed by atoms with E-state index in [0.717, 1.165) is 22.4 Å². The molecule has 0 saturated heterocycles. The lowest BCUT2D eigenvalue weighted by Gasteiger charge is -2.20. The fourth-order valence-electron chi connectivity index (χ4n) is 3.00. The van der Waals surface area contributed by atoms with Crippen LogP contribution in [0, 0.1) is 0 Å². The summed E-state index contributed by atoms with van der Waals surface area (Å²) in [5.74, 6) is 0.824. The minimum Gasteiger partial charge on any atom is -0.496 e. The third-order valence-electron chi connectivity index (χ3n) is 4.31. The Bertz CT molecular complexity index is 843. The number of hydrogen-bond donors (Lipinski definition) is 0. The second-order valence-electron chi connectivity index (χ2n) is 5.58. The number of benzene rings is 1. The highest BCUT2D eigenvalue weighted by Crippen LogP contribution is 2.26. The number of furan rings is 1. The highest BCUT2D eigenvalue weighted by Gasteiger charge is 2.21. The van der Waals surface area contributed by atoms with Gasteiger partial charge in [0, 0.05) is 30.8 Å². The van der Waals surface area contributed by atoms with Crippen LogP contribution in [0.3, 0.4) is 0 Å². The molecule has 3 rings (SSSR count). The lowest BCUT2D eigenvalue weighted by atomic mass is 10.2. The lowest BCUT2D eigenvalue weighted by Crippen LogP contribution is -2.32. The summed E-state index contributed by atoms with van der Waals surface area (Å²) >= 11 is 0. The van der Waals surface area contributed by atoms with Gasteiger partial charge in [-0.15, -0.1) is 0 Å². The largest absolute Gasteiger partial charge is 0.496 e. The highest BCUT2D eigenvalue weighted by molar-refractivity contribution is 5.97. The first-order valence-corrected chi connectivity index (χ1v) is 8.17. The average molecular weight is 326 g/mol. The van der Waals surface area contributed by atoms with Gasteiger partial charge < -0.3 is 18.6 Å². The van der Waals surface area contributed by atoms with E-state index in [1.165, 1.54) is 0 Å². The quantitative estimate of drug-likeness (QED) is 0.693. The first kappa shape index (κ1) is 16.2. The van der Waals surface area contributed by atoms with E-state index in [4.69, 9.17) is 9.15 Å². The Balaban J connectivity index is 2.07. The van der Waals surface area contributed by atoms with E-state index < -0.39 is 0 Å². The zero-order chi connectivity index (χ0) is 17.1. The Labute approximate surface area is 141 Å². The van der Waals surface area contributed by atoms with Gasteiger partial charge in [-0.25, -0.2) is 0 Å². The predicted molar refractivity (Wildman–Crippen MR) is 93.6 cm³/mol. The summed E-state index contributed by atoms with van der Waals surface area (Å²) < 4.78 is 13.0. The first-order chi connectivity index (χ1) is 11.7. The summed E-state index contributed by atoms with van der Waals surface area (Å²) in [5, 5.41) is 0. The first-order valence-electron chi connectivity index (χ1n) is 8.17. The zero-order valence-corrected chi connectivity index (χ0v) is 14.3. The predicted octanol–water partition coefficient (Wildman–Crippen LogP) is 3.77. The second kappa shape index (κ2) is 6.83. The molecule has 0 N–H and O–H groups in total.